The van der Waals surface area contributed by atoms with Crippen LogP contribution in [0.4, 0.5) is 0 Å². The van der Waals surface area contributed by atoms with Crippen LogP contribution in [0.2, 0.25) is 0 Å². The number of benzene rings is 1. The van der Waals surface area contributed by atoms with Gasteiger partial charge in [-0.15, -0.1) is 0 Å². The quantitative estimate of drug-likeness (QED) is 0.895. The Kier molecular flexibility index (Phi) is 3.52. The van der Waals surface area contributed by atoms with E-state index in [1.54, 1.807) is 10.9 Å². The van der Waals surface area contributed by atoms with Crippen molar-refractivity contribution in [2.75, 3.05) is 19.6 Å². The summed E-state index contributed by atoms with van der Waals surface area (Å²) in [5, 5.41) is 7.57. The lowest BCUT2D eigenvalue weighted by Crippen LogP contribution is -2.51. The fourth-order valence-corrected chi connectivity index (χ4v) is 2.55. The normalized spacial score (nSPS) is 19.1. The second-order valence-corrected chi connectivity index (χ2v) is 5.07. The number of carbonyl (C=O) groups excluding carboxylic acids is 1. The number of piperazine rings is 1. The first-order valence-corrected chi connectivity index (χ1v) is 6.87. The molecular formula is C15H18N4O. The molecule has 20 heavy (non-hydrogen) atoms. The van der Waals surface area contributed by atoms with Gasteiger partial charge in [-0.3, -0.25) is 4.79 Å². The van der Waals surface area contributed by atoms with Gasteiger partial charge in [-0.25, -0.2) is 4.68 Å². The molecule has 0 aliphatic carbocycles. The minimum atomic E-state index is 0.0736. The first-order chi connectivity index (χ1) is 9.75. The molecule has 0 bridgehead atoms. The molecule has 0 unspecified atom stereocenters. The van der Waals surface area contributed by atoms with Crippen LogP contribution in [0.1, 0.15) is 17.3 Å². The van der Waals surface area contributed by atoms with Crippen molar-refractivity contribution in [1.82, 2.24) is 20.0 Å². The Morgan fingerprint density at radius 3 is 2.95 bits per heavy atom. The Morgan fingerprint density at radius 2 is 2.20 bits per heavy atom. The predicted molar refractivity (Wildman–Crippen MR) is 76.9 cm³/mol. The molecule has 2 heterocycles. The van der Waals surface area contributed by atoms with E-state index in [2.05, 4.69) is 17.3 Å². The lowest BCUT2D eigenvalue weighted by Gasteiger charge is -2.32. The van der Waals surface area contributed by atoms with Gasteiger partial charge in [-0.1, -0.05) is 12.1 Å². The van der Waals surface area contributed by atoms with Gasteiger partial charge in [0.1, 0.15) is 0 Å². The Hall–Kier alpha value is -2.14. The summed E-state index contributed by atoms with van der Waals surface area (Å²) in [6.45, 7) is 4.43. The van der Waals surface area contributed by atoms with Gasteiger partial charge < -0.3 is 10.2 Å². The lowest BCUT2D eigenvalue weighted by molar-refractivity contribution is 0.0709. The molecule has 1 aromatic heterocycles. The predicted octanol–water partition coefficient (Wildman–Crippen LogP) is 1.31. The summed E-state index contributed by atoms with van der Waals surface area (Å²) in [4.78, 5) is 14.6. The topological polar surface area (TPSA) is 50.2 Å². The fraction of sp³-hybridized carbons (Fsp3) is 0.333. The highest BCUT2D eigenvalue weighted by Gasteiger charge is 2.23. The summed E-state index contributed by atoms with van der Waals surface area (Å²) in [7, 11) is 0. The van der Waals surface area contributed by atoms with Crippen molar-refractivity contribution in [2.45, 2.75) is 13.0 Å². The molecule has 1 aliphatic heterocycles. The van der Waals surface area contributed by atoms with Gasteiger partial charge in [0.25, 0.3) is 5.91 Å². The number of nitrogens with one attached hydrogen (secondary N) is 1. The Labute approximate surface area is 118 Å². The van der Waals surface area contributed by atoms with Crippen molar-refractivity contribution in [1.29, 1.82) is 0 Å². The molecule has 0 saturated carbocycles. The van der Waals surface area contributed by atoms with Crippen LogP contribution in [0, 0.1) is 0 Å². The molecule has 5 heteroatoms. The van der Waals surface area contributed by atoms with Crippen molar-refractivity contribution >= 4 is 5.91 Å². The minimum Gasteiger partial charge on any atom is -0.336 e. The summed E-state index contributed by atoms with van der Waals surface area (Å²) in [5.41, 5.74) is 1.53. The molecule has 1 aromatic carbocycles. The zero-order valence-corrected chi connectivity index (χ0v) is 11.5. The van der Waals surface area contributed by atoms with Gasteiger partial charge in [0.15, 0.2) is 0 Å². The zero-order chi connectivity index (χ0) is 13.9. The third-order valence-electron chi connectivity index (χ3n) is 3.54. The zero-order valence-electron chi connectivity index (χ0n) is 11.5. The molecule has 1 atom stereocenters. The van der Waals surface area contributed by atoms with Crippen molar-refractivity contribution in [2.24, 2.45) is 0 Å². The van der Waals surface area contributed by atoms with E-state index in [0.717, 1.165) is 25.3 Å². The number of amides is 1. The smallest absolute Gasteiger partial charge is 0.256 e. The van der Waals surface area contributed by atoms with Gasteiger partial charge in [-0.2, -0.15) is 5.10 Å². The Bertz CT molecular complexity index is 594. The summed E-state index contributed by atoms with van der Waals surface area (Å²) in [6, 6.07) is 9.80. The van der Waals surface area contributed by atoms with Crippen LogP contribution in [0.5, 0.6) is 0 Å². The minimum absolute atomic E-state index is 0.0736. The van der Waals surface area contributed by atoms with Crippen LogP contribution in [0.3, 0.4) is 0 Å². The highest BCUT2D eigenvalue weighted by molar-refractivity contribution is 5.97. The standard InChI is InChI=1S/C15H18N4O/c1-12-11-18(10-8-16-12)15(20)13-5-2-3-6-14(13)19-9-4-7-17-19/h2-7,9,12,16H,8,10-11H2,1H3/t12-/m1/s1. The molecule has 3 rings (SSSR count). The second kappa shape index (κ2) is 5.46. The van der Waals surface area contributed by atoms with Crippen LogP contribution >= 0.6 is 0 Å². The maximum Gasteiger partial charge on any atom is 0.256 e. The van der Waals surface area contributed by atoms with Crippen LogP contribution in [-0.4, -0.2) is 46.3 Å². The van der Waals surface area contributed by atoms with Gasteiger partial charge in [0, 0.05) is 38.1 Å². The molecular weight excluding hydrogens is 252 g/mol. The molecule has 1 N–H and O–H groups in total. The number of rotatable bonds is 2. The van der Waals surface area contributed by atoms with E-state index in [4.69, 9.17) is 0 Å². The van der Waals surface area contributed by atoms with E-state index in [0.29, 0.717) is 11.6 Å². The number of hydrogen-bond acceptors (Lipinski definition) is 3. The van der Waals surface area contributed by atoms with E-state index >= 15 is 0 Å². The first-order valence-electron chi connectivity index (χ1n) is 6.87. The number of para-hydroxylation sites is 1. The van der Waals surface area contributed by atoms with E-state index in [-0.39, 0.29) is 5.91 Å². The molecule has 1 saturated heterocycles. The van der Waals surface area contributed by atoms with Crippen LogP contribution in [0.25, 0.3) is 5.69 Å². The molecule has 2 aromatic rings. The molecule has 0 radical (unpaired) electrons. The molecule has 0 spiro atoms. The van der Waals surface area contributed by atoms with Crippen molar-refractivity contribution in [3.05, 3.63) is 48.3 Å². The molecule has 1 fully saturated rings. The summed E-state index contributed by atoms with van der Waals surface area (Å²) in [5.74, 6) is 0.0736. The van der Waals surface area contributed by atoms with E-state index in [1.807, 2.05) is 41.4 Å². The highest BCUT2D eigenvalue weighted by atomic mass is 16.2. The van der Waals surface area contributed by atoms with Crippen LogP contribution < -0.4 is 5.32 Å². The van der Waals surface area contributed by atoms with E-state index < -0.39 is 0 Å². The summed E-state index contributed by atoms with van der Waals surface area (Å²) < 4.78 is 1.73. The third kappa shape index (κ3) is 2.44. The number of aromatic nitrogens is 2. The molecule has 1 amide bonds. The SMILES string of the molecule is C[C@@H]1CN(C(=O)c2ccccc2-n2cccn2)CCN1. The second-order valence-electron chi connectivity index (χ2n) is 5.07. The number of carbonyl (C=O) groups is 1. The van der Waals surface area contributed by atoms with E-state index in [1.165, 1.54) is 0 Å². The van der Waals surface area contributed by atoms with Gasteiger partial charge >= 0.3 is 0 Å². The van der Waals surface area contributed by atoms with Crippen LogP contribution in [0.15, 0.2) is 42.7 Å². The highest BCUT2D eigenvalue weighted by Crippen LogP contribution is 2.16. The number of nitrogens with zero attached hydrogens (tertiary/aromatic N) is 3. The summed E-state index contributed by atoms with van der Waals surface area (Å²) in [6.07, 6.45) is 3.57. The monoisotopic (exact) mass is 270 g/mol. The molecule has 104 valence electrons. The first kappa shape index (κ1) is 12.9. The Morgan fingerprint density at radius 1 is 1.35 bits per heavy atom. The maximum absolute atomic E-state index is 12.7. The lowest BCUT2D eigenvalue weighted by atomic mass is 10.1. The van der Waals surface area contributed by atoms with Gasteiger partial charge in [0.2, 0.25) is 0 Å². The fourth-order valence-electron chi connectivity index (χ4n) is 2.55. The molecule has 1 aliphatic rings. The third-order valence-corrected chi connectivity index (χ3v) is 3.54. The maximum atomic E-state index is 12.7. The molecule has 5 nitrogen and oxygen atoms in total. The average Bonchev–Trinajstić information content (AvgIpc) is 3.00. The van der Waals surface area contributed by atoms with Gasteiger partial charge in [-0.05, 0) is 25.1 Å². The van der Waals surface area contributed by atoms with Gasteiger partial charge in [0.05, 0.1) is 11.3 Å². The van der Waals surface area contributed by atoms with Crippen molar-refractivity contribution < 1.29 is 4.79 Å². The summed E-state index contributed by atoms with van der Waals surface area (Å²) >= 11 is 0. The largest absolute Gasteiger partial charge is 0.336 e. The van der Waals surface area contributed by atoms with Crippen molar-refractivity contribution in [3.8, 4) is 5.69 Å². The van der Waals surface area contributed by atoms with Crippen molar-refractivity contribution in [3.63, 3.8) is 0 Å². The van der Waals surface area contributed by atoms with E-state index in [9.17, 15) is 4.79 Å². The Balaban J connectivity index is 1.92. The van der Waals surface area contributed by atoms with Crippen LogP contribution in [-0.2, 0) is 0 Å². The average molecular weight is 270 g/mol. The number of hydrogen-bond donors (Lipinski definition) is 1.